The molecule has 1 aliphatic carbocycles. The molecule has 2 aliphatic rings. The van der Waals surface area contributed by atoms with Crippen LogP contribution in [0.1, 0.15) is 46.0 Å². The van der Waals surface area contributed by atoms with Crippen LogP contribution in [-0.2, 0) is 14.3 Å². The number of carbonyl (C=O) groups is 2. The molecule has 1 aliphatic heterocycles. The summed E-state index contributed by atoms with van der Waals surface area (Å²) >= 11 is 0. The van der Waals surface area contributed by atoms with Crippen LogP contribution in [0.15, 0.2) is 0 Å². The molecule has 1 spiro atoms. The van der Waals surface area contributed by atoms with Crippen LogP contribution in [0, 0.1) is 11.3 Å². The zero-order chi connectivity index (χ0) is 17.5. The second-order valence-corrected chi connectivity index (χ2v) is 7.31. The molecule has 1 saturated carbocycles. The van der Waals surface area contributed by atoms with Gasteiger partial charge in [-0.15, -0.1) is 0 Å². The second kappa shape index (κ2) is 5.96. The quantitative estimate of drug-likeness (QED) is 0.826. The summed E-state index contributed by atoms with van der Waals surface area (Å²) in [5, 5.41) is 11.6. The van der Waals surface area contributed by atoms with E-state index in [4.69, 9.17) is 9.84 Å². The summed E-state index contributed by atoms with van der Waals surface area (Å²) in [7, 11) is 0. The minimum Gasteiger partial charge on any atom is -0.481 e. The first kappa shape index (κ1) is 18.0. The highest BCUT2D eigenvalue weighted by Crippen LogP contribution is 2.46. The lowest BCUT2D eigenvalue weighted by Gasteiger charge is -2.50. The van der Waals surface area contributed by atoms with Gasteiger partial charge in [-0.3, -0.25) is 9.59 Å². The second-order valence-electron chi connectivity index (χ2n) is 7.31. The van der Waals surface area contributed by atoms with E-state index in [1.54, 1.807) is 0 Å². The minimum atomic E-state index is -4.40. The maximum absolute atomic E-state index is 12.5. The maximum Gasteiger partial charge on any atom is 0.390 e. The number of aliphatic carboxylic acids is 1. The van der Waals surface area contributed by atoms with E-state index in [-0.39, 0.29) is 6.04 Å². The fraction of sp³-hybridized carbons (Fsp3) is 0.867. The highest BCUT2D eigenvalue weighted by Gasteiger charge is 2.51. The summed E-state index contributed by atoms with van der Waals surface area (Å²) in [6.45, 7) is 2.92. The van der Waals surface area contributed by atoms with Crippen LogP contribution in [0.2, 0.25) is 0 Å². The Hall–Kier alpha value is -1.31. The van der Waals surface area contributed by atoms with Crippen LogP contribution >= 0.6 is 0 Å². The van der Waals surface area contributed by atoms with Crippen molar-refractivity contribution < 1.29 is 32.6 Å². The van der Waals surface area contributed by atoms with Gasteiger partial charge in [0.1, 0.15) is 0 Å². The first-order chi connectivity index (χ1) is 10.4. The van der Waals surface area contributed by atoms with E-state index in [0.29, 0.717) is 32.3 Å². The molecule has 8 heteroatoms. The topological polar surface area (TPSA) is 75.6 Å². The highest BCUT2D eigenvalue weighted by molar-refractivity contribution is 5.82. The predicted molar refractivity (Wildman–Crippen MR) is 74.7 cm³/mol. The number of carbonyl (C=O) groups excluding carboxylic acids is 1. The van der Waals surface area contributed by atoms with Gasteiger partial charge in [-0.2, -0.15) is 13.2 Å². The molecular formula is C15H22F3NO4. The van der Waals surface area contributed by atoms with Crippen molar-refractivity contribution in [1.82, 2.24) is 5.32 Å². The van der Waals surface area contributed by atoms with E-state index in [2.05, 4.69) is 5.32 Å². The van der Waals surface area contributed by atoms with Gasteiger partial charge in [0, 0.05) is 12.6 Å². The van der Waals surface area contributed by atoms with Crippen molar-refractivity contribution in [3.63, 3.8) is 0 Å². The monoisotopic (exact) mass is 337 g/mol. The van der Waals surface area contributed by atoms with Gasteiger partial charge in [-0.05, 0) is 25.7 Å². The molecule has 1 heterocycles. The van der Waals surface area contributed by atoms with Gasteiger partial charge >= 0.3 is 12.1 Å². The van der Waals surface area contributed by atoms with Crippen molar-refractivity contribution in [3.8, 4) is 0 Å². The number of carboxylic acid groups (broad SMARTS) is 1. The molecule has 1 atom stereocenters. The van der Waals surface area contributed by atoms with Crippen molar-refractivity contribution in [1.29, 1.82) is 0 Å². The molecule has 132 valence electrons. The summed E-state index contributed by atoms with van der Waals surface area (Å²) < 4.78 is 43.3. The molecule has 0 radical (unpaired) electrons. The summed E-state index contributed by atoms with van der Waals surface area (Å²) in [5.41, 5.74) is -2.08. The number of hydrogen-bond acceptors (Lipinski definition) is 3. The van der Waals surface area contributed by atoms with Gasteiger partial charge in [0.05, 0.1) is 23.4 Å². The lowest BCUT2D eigenvalue weighted by Crippen LogP contribution is -2.57. The molecule has 0 aromatic heterocycles. The third-order valence-corrected chi connectivity index (χ3v) is 4.67. The van der Waals surface area contributed by atoms with Crippen molar-refractivity contribution in [3.05, 3.63) is 0 Å². The number of alkyl halides is 3. The average Bonchev–Trinajstić information content (AvgIpc) is 2.32. The molecule has 5 nitrogen and oxygen atoms in total. The Kier molecular flexibility index (Phi) is 4.67. The van der Waals surface area contributed by atoms with Crippen molar-refractivity contribution in [2.75, 3.05) is 6.61 Å². The SMILES string of the molecule is CC(C)(CC(F)(F)F)C(=O)NC1CCOC2(C1)CC(C(=O)O)C2. The van der Waals surface area contributed by atoms with E-state index in [0.717, 1.165) is 0 Å². The largest absolute Gasteiger partial charge is 0.481 e. The Labute approximate surface area is 132 Å². The third-order valence-electron chi connectivity index (χ3n) is 4.67. The van der Waals surface area contributed by atoms with Gasteiger partial charge in [0.25, 0.3) is 0 Å². The predicted octanol–water partition coefficient (Wildman–Crippen LogP) is 2.49. The molecular weight excluding hydrogens is 315 g/mol. The standard InChI is InChI=1S/C15H22F3NO4/c1-13(2,8-15(16,17)18)12(22)19-10-3-4-23-14(7-10)5-9(6-14)11(20)21/h9-10H,3-8H2,1-2H3,(H,19,22)(H,20,21). The summed E-state index contributed by atoms with van der Waals surface area (Å²) in [4.78, 5) is 23.1. The first-order valence-electron chi connectivity index (χ1n) is 7.67. The van der Waals surface area contributed by atoms with Gasteiger partial charge in [0.2, 0.25) is 5.91 Å². The molecule has 0 aromatic carbocycles. The Morgan fingerprint density at radius 1 is 1.26 bits per heavy atom. The Balaban J connectivity index is 1.90. The number of nitrogens with one attached hydrogen (secondary N) is 1. The number of amides is 1. The molecule has 1 amide bonds. The van der Waals surface area contributed by atoms with E-state index >= 15 is 0 Å². The van der Waals surface area contributed by atoms with E-state index in [1.807, 2.05) is 0 Å². The third kappa shape index (κ3) is 4.37. The summed E-state index contributed by atoms with van der Waals surface area (Å²) in [6.07, 6.45) is -3.83. The van der Waals surface area contributed by atoms with Crippen molar-refractivity contribution in [2.24, 2.45) is 11.3 Å². The zero-order valence-electron chi connectivity index (χ0n) is 13.2. The Morgan fingerprint density at radius 3 is 2.39 bits per heavy atom. The van der Waals surface area contributed by atoms with Gasteiger partial charge < -0.3 is 15.2 Å². The lowest BCUT2D eigenvalue weighted by atomic mass is 9.66. The van der Waals surface area contributed by atoms with Crippen molar-refractivity contribution in [2.45, 2.75) is 63.8 Å². The fourth-order valence-corrected chi connectivity index (χ4v) is 3.41. The van der Waals surface area contributed by atoms with Gasteiger partial charge in [-0.1, -0.05) is 13.8 Å². The zero-order valence-corrected chi connectivity index (χ0v) is 13.2. The molecule has 1 saturated heterocycles. The van der Waals surface area contributed by atoms with Crippen LogP contribution in [-0.4, -0.2) is 41.4 Å². The van der Waals surface area contributed by atoms with E-state index in [1.165, 1.54) is 13.8 Å². The fourth-order valence-electron chi connectivity index (χ4n) is 3.41. The molecule has 2 rings (SSSR count). The molecule has 1 unspecified atom stereocenters. The van der Waals surface area contributed by atoms with E-state index < -0.39 is 41.4 Å². The van der Waals surface area contributed by atoms with Crippen LogP contribution < -0.4 is 5.32 Å². The Morgan fingerprint density at radius 2 is 1.87 bits per heavy atom. The van der Waals surface area contributed by atoms with Crippen LogP contribution in [0.3, 0.4) is 0 Å². The number of carboxylic acids is 1. The van der Waals surface area contributed by atoms with E-state index in [9.17, 15) is 22.8 Å². The van der Waals surface area contributed by atoms with Crippen molar-refractivity contribution >= 4 is 11.9 Å². The minimum absolute atomic E-state index is 0.279. The summed E-state index contributed by atoms with van der Waals surface area (Å²) in [5.74, 6) is -1.94. The smallest absolute Gasteiger partial charge is 0.390 e. The molecule has 2 N–H and O–H groups in total. The summed E-state index contributed by atoms with van der Waals surface area (Å²) in [6, 6.07) is -0.279. The highest BCUT2D eigenvalue weighted by atomic mass is 19.4. The first-order valence-corrected chi connectivity index (χ1v) is 7.67. The normalized spacial score (nSPS) is 31.5. The molecule has 0 bridgehead atoms. The average molecular weight is 337 g/mol. The maximum atomic E-state index is 12.5. The molecule has 23 heavy (non-hydrogen) atoms. The number of hydrogen-bond donors (Lipinski definition) is 2. The number of ether oxygens (including phenoxy) is 1. The molecule has 2 fully saturated rings. The van der Waals surface area contributed by atoms with Crippen LogP contribution in [0.4, 0.5) is 13.2 Å². The van der Waals surface area contributed by atoms with Crippen LogP contribution in [0.5, 0.6) is 0 Å². The lowest BCUT2D eigenvalue weighted by molar-refractivity contribution is -0.183. The van der Waals surface area contributed by atoms with Gasteiger partial charge in [-0.25, -0.2) is 0 Å². The number of rotatable bonds is 4. The van der Waals surface area contributed by atoms with Crippen LogP contribution in [0.25, 0.3) is 0 Å². The number of halogens is 3. The van der Waals surface area contributed by atoms with Gasteiger partial charge in [0.15, 0.2) is 0 Å². The Bertz CT molecular complexity index is 484. The molecule has 0 aromatic rings.